The van der Waals surface area contributed by atoms with Gasteiger partial charge in [-0.2, -0.15) is 0 Å². The highest BCUT2D eigenvalue weighted by molar-refractivity contribution is 5.85. The predicted molar refractivity (Wildman–Crippen MR) is 85.2 cm³/mol. The number of hydrogen-bond acceptors (Lipinski definition) is 3. The molecule has 1 atom stereocenters. The topological polar surface area (TPSA) is 55.6 Å². The van der Waals surface area contributed by atoms with E-state index < -0.39 is 0 Å². The molecule has 1 heterocycles. The van der Waals surface area contributed by atoms with Crippen molar-refractivity contribution in [1.82, 2.24) is 4.90 Å². The average Bonchev–Trinajstić information content (AvgIpc) is 2.40. The molecule has 0 aliphatic carbocycles. The fourth-order valence-electron chi connectivity index (χ4n) is 2.63. The molecule has 0 spiro atoms. The fourth-order valence-corrected chi connectivity index (χ4v) is 2.63. The van der Waals surface area contributed by atoms with Gasteiger partial charge in [0.2, 0.25) is 5.91 Å². The average molecular weight is 307 g/mol. The van der Waals surface area contributed by atoms with Gasteiger partial charge in [-0.1, -0.05) is 26.7 Å². The number of carbonyl (C=O) groups is 1. The highest BCUT2D eigenvalue weighted by Gasteiger charge is 2.23. The first-order valence-electron chi connectivity index (χ1n) is 7.76. The Hall–Kier alpha value is -0.320. The van der Waals surface area contributed by atoms with Crippen molar-refractivity contribution in [2.24, 2.45) is 11.7 Å². The van der Waals surface area contributed by atoms with Gasteiger partial charge in [0.1, 0.15) is 0 Å². The second-order valence-electron chi connectivity index (χ2n) is 5.69. The number of amides is 1. The van der Waals surface area contributed by atoms with Crippen molar-refractivity contribution in [2.75, 3.05) is 26.2 Å². The van der Waals surface area contributed by atoms with E-state index in [2.05, 4.69) is 13.8 Å². The van der Waals surface area contributed by atoms with Crippen LogP contribution in [-0.4, -0.2) is 43.2 Å². The summed E-state index contributed by atoms with van der Waals surface area (Å²) in [6, 6.07) is 0. The Kier molecular flexibility index (Phi) is 11.2. The number of halogens is 1. The molecule has 4 nitrogen and oxygen atoms in total. The molecule has 5 heteroatoms. The van der Waals surface area contributed by atoms with Crippen LogP contribution in [-0.2, 0) is 9.53 Å². The van der Waals surface area contributed by atoms with Crippen molar-refractivity contribution in [3.8, 4) is 0 Å². The third-order valence-electron chi connectivity index (χ3n) is 3.80. The van der Waals surface area contributed by atoms with Crippen LogP contribution in [0.4, 0.5) is 0 Å². The van der Waals surface area contributed by atoms with E-state index in [9.17, 15) is 4.79 Å². The van der Waals surface area contributed by atoms with Gasteiger partial charge in [0, 0.05) is 26.1 Å². The lowest BCUT2D eigenvalue weighted by atomic mass is 10.00. The molecule has 0 radical (unpaired) electrons. The maximum Gasteiger partial charge on any atom is 0.222 e. The molecule has 1 aliphatic heterocycles. The van der Waals surface area contributed by atoms with Crippen molar-refractivity contribution in [3.05, 3.63) is 0 Å². The molecule has 2 N–H and O–H groups in total. The lowest BCUT2D eigenvalue weighted by Gasteiger charge is -2.32. The van der Waals surface area contributed by atoms with Crippen LogP contribution >= 0.6 is 12.4 Å². The predicted octanol–water partition coefficient (Wildman–Crippen LogP) is 2.59. The van der Waals surface area contributed by atoms with E-state index in [1.165, 1.54) is 0 Å². The van der Waals surface area contributed by atoms with E-state index in [1.807, 2.05) is 4.90 Å². The van der Waals surface area contributed by atoms with Crippen molar-refractivity contribution >= 4 is 18.3 Å². The van der Waals surface area contributed by atoms with Gasteiger partial charge >= 0.3 is 0 Å². The van der Waals surface area contributed by atoms with Crippen molar-refractivity contribution in [3.63, 3.8) is 0 Å². The summed E-state index contributed by atoms with van der Waals surface area (Å²) < 4.78 is 5.75. The third-order valence-corrected chi connectivity index (χ3v) is 3.80. The second-order valence-corrected chi connectivity index (χ2v) is 5.69. The summed E-state index contributed by atoms with van der Waals surface area (Å²) >= 11 is 0. The summed E-state index contributed by atoms with van der Waals surface area (Å²) in [5.41, 5.74) is 5.44. The van der Waals surface area contributed by atoms with E-state index >= 15 is 0 Å². The molecule has 0 aromatic rings. The van der Waals surface area contributed by atoms with Crippen LogP contribution in [0.3, 0.4) is 0 Å². The van der Waals surface area contributed by atoms with Gasteiger partial charge in [0.15, 0.2) is 0 Å². The maximum absolute atomic E-state index is 12.1. The van der Waals surface area contributed by atoms with Crippen molar-refractivity contribution < 1.29 is 9.53 Å². The SMILES string of the molecule is CCCC(C)CC(=O)N1CCC(OCCCN)CC1.Cl. The molecule has 20 heavy (non-hydrogen) atoms. The number of rotatable bonds is 8. The Bertz CT molecular complexity index is 256. The number of hydrogen-bond donors (Lipinski definition) is 1. The molecule has 1 saturated heterocycles. The van der Waals surface area contributed by atoms with Crippen LogP contribution in [0, 0.1) is 5.92 Å². The van der Waals surface area contributed by atoms with Crippen LogP contribution in [0.2, 0.25) is 0 Å². The Balaban J connectivity index is 0.00000361. The highest BCUT2D eigenvalue weighted by Crippen LogP contribution is 2.17. The van der Waals surface area contributed by atoms with Gasteiger partial charge in [0.05, 0.1) is 6.10 Å². The Morgan fingerprint density at radius 3 is 2.60 bits per heavy atom. The van der Waals surface area contributed by atoms with Crippen LogP contribution in [0.5, 0.6) is 0 Å². The van der Waals surface area contributed by atoms with E-state index in [1.54, 1.807) is 0 Å². The van der Waals surface area contributed by atoms with E-state index in [0.717, 1.165) is 51.8 Å². The minimum absolute atomic E-state index is 0. The quantitative estimate of drug-likeness (QED) is 0.701. The first kappa shape index (κ1) is 19.7. The van der Waals surface area contributed by atoms with Gasteiger partial charge in [0.25, 0.3) is 0 Å². The number of ether oxygens (including phenoxy) is 1. The molecule has 1 rings (SSSR count). The monoisotopic (exact) mass is 306 g/mol. The van der Waals surface area contributed by atoms with Crippen LogP contribution in [0.1, 0.15) is 52.4 Å². The van der Waals surface area contributed by atoms with Crippen LogP contribution in [0.15, 0.2) is 0 Å². The first-order valence-corrected chi connectivity index (χ1v) is 7.76. The molecular formula is C15H31ClN2O2. The number of likely N-dealkylation sites (tertiary alicyclic amines) is 1. The first-order chi connectivity index (χ1) is 9.17. The summed E-state index contributed by atoms with van der Waals surface area (Å²) in [4.78, 5) is 14.1. The lowest BCUT2D eigenvalue weighted by Crippen LogP contribution is -2.41. The Morgan fingerprint density at radius 1 is 1.40 bits per heavy atom. The van der Waals surface area contributed by atoms with Crippen molar-refractivity contribution in [1.29, 1.82) is 0 Å². The zero-order valence-corrected chi connectivity index (χ0v) is 13.8. The number of carbonyl (C=O) groups excluding carboxylic acids is 1. The summed E-state index contributed by atoms with van der Waals surface area (Å²) in [5.74, 6) is 0.831. The van der Waals surface area contributed by atoms with Gasteiger partial charge in [-0.3, -0.25) is 4.79 Å². The van der Waals surface area contributed by atoms with E-state index in [-0.39, 0.29) is 12.4 Å². The molecule has 0 aromatic heterocycles. The van der Waals surface area contributed by atoms with E-state index in [0.29, 0.717) is 30.9 Å². The van der Waals surface area contributed by atoms with Gasteiger partial charge in [-0.05, 0) is 31.7 Å². The fraction of sp³-hybridized carbons (Fsp3) is 0.933. The third kappa shape index (κ3) is 7.46. The Labute approximate surface area is 129 Å². The molecule has 1 amide bonds. The summed E-state index contributed by atoms with van der Waals surface area (Å²) in [6.45, 7) is 7.49. The number of nitrogens with two attached hydrogens (primary N) is 1. The van der Waals surface area contributed by atoms with Gasteiger partial charge in [-0.25, -0.2) is 0 Å². The van der Waals surface area contributed by atoms with Gasteiger partial charge < -0.3 is 15.4 Å². The Morgan fingerprint density at radius 2 is 2.05 bits per heavy atom. The van der Waals surface area contributed by atoms with Crippen molar-refractivity contribution in [2.45, 2.75) is 58.5 Å². The minimum atomic E-state index is 0. The summed E-state index contributed by atoms with van der Waals surface area (Å²) in [7, 11) is 0. The van der Waals surface area contributed by atoms with Crippen LogP contribution < -0.4 is 5.73 Å². The normalized spacial score (nSPS) is 17.6. The molecule has 1 unspecified atom stereocenters. The standard InChI is InChI=1S/C15H30N2O2.ClH/c1-3-5-13(2)12-15(18)17-9-6-14(7-10-17)19-11-4-8-16;/h13-14H,3-12,16H2,1-2H3;1H. The number of piperidine rings is 1. The number of nitrogens with zero attached hydrogens (tertiary/aromatic N) is 1. The van der Waals surface area contributed by atoms with Crippen LogP contribution in [0.25, 0.3) is 0 Å². The highest BCUT2D eigenvalue weighted by atomic mass is 35.5. The summed E-state index contributed by atoms with van der Waals surface area (Å²) in [5, 5.41) is 0. The zero-order chi connectivity index (χ0) is 14.1. The molecule has 1 aliphatic rings. The molecule has 0 aromatic carbocycles. The van der Waals surface area contributed by atoms with Gasteiger partial charge in [-0.15, -0.1) is 12.4 Å². The maximum atomic E-state index is 12.1. The lowest BCUT2D eigenvalue weighted by molar-refractivity contribution is -0.134. The zero-order valence-electron chi connectivity index (χ0n) is 13.0. The largest absolute Gasteiger partial charge is 0.378 e. The van der Waals surface area contributed by atoms with E-state index in [4.69, 9.17) is 10.5 Å². The molecule has 120 valence electrons. The summed E-state index contributed by atoms with van der Waals surface area (Å²) in [6.07, 6.45) is 6.19. The molecule has 0 bridgehead atoms. The second kappa shape index (κ2) is 11.4. The molecule has 0 saturated carbocycles. The molecule has 1 fully saturated rings. The smallest absolute Gasteiger partial charge is 0.222 e. The molecular weight excluding hydrogens is 276 g/mol. The minimum Gasteiger partial charge on any atom is -0.378 e.